The fourth-order valence-corrected chi connectivity index (χ4v) is 1.59. The lowest BCUT2D eigenvalue weighted by atomic mass is 10.2. The van der Waals surface area contributed by atoms with Crippen LogP contribution in [-0.2, 0) is 0 Å². The SMILES string of the molecule is C/C=C\CC/C=C/c1cccs1. The minimum absolute atomic E-state index is 1.14. The van der Waals surface area contributed by atoms with Gasteiger partial charge in [-0.3, -0.25) is 0 Å². The number of unbranched alkanes of at least 4 members (excludes halogenated alkanes) is 1. The van der Waals surface area contributed by atoms with E-state index in [2.05, 4.69) is 48.7 Å². The van der Waals surface area contributed by atoms with Crippen LogP contribution in [0.1, 0.15) is 24.6 Å². The molecule has 0 aromatic carbocycles. The molecule has 0 unspecified atom stereocenters. The molecule has 0 saturated carbocycles. The van der Waals surface area contributed by atoms with Crippen LogP contribution in [0.3, 0.4) is 0 Å². The first kappa shape index (κ1) is 9.27. The zero-order valence-electron chi connectivity index (χ0n) is 7.36. The smallest absolute Gasteiger partial charge is 0.0267 e. The molecular formula is C11H14S. The first-order chi connectivity index (χ1) is 5.93. The molecule has 0 spiro atoms. The van der Waals surface area contributed by atoms with Gasteiger partial charge >= 0.3 is 0 Å². The molecular weight excluding hydrogens is 164 g/mol. The standard InChI is InChI=1S/C11H14S/c1-2-3-4-5-6-8-11-9-7-10-12-11/h2-3,6-10H,4-5H2,1H3/b3-2-,8-6+. The van der Waals surface area contributed by atoms with Crippen LogP contribution < -0.4 is 0 Å². The van der Waals surface area contributed by atoms with Crippen LogP contribution in [-0.4, -0.2) is 0 Å². The first-order valence-corrected chi connectivity index (χ1v) is 5.12. The Kier molecular flexibility index (Phi) is 4.47. The molecule has 0 N–H and O–H groups in total. The molecule has 0 atom stereocenters. The highest BCUT2D eigenvalue weighted by Crippen LogP contribution is 2.10. The van der Waals surface area contributed by atoms with Crippen molar-refractivity contribution in [3.8, 4) is 0 Å². The Bertz CT molecular complexity index is 242. The van der Waals surface area contributed by atoms with E-state index in [0.29, 0.717) is 0 Å². The monoisotopic (exact) mass is 178 g/mol. The molecule has 0 aliphatic carbocycles. The van der Waals surface area contributed by atoms with E-state index in [0.717, 1.165) is 12.8 Å². The first-order valence-electron chi connectivity index (χ1n) is 4.24. The Balaban J connectivity index is 2.23. The Labute approximate surface area is 78.2 Å². The van der Waals surface area contributed by atoms with E-state index in [1.54, 1.807) is 11.3 Å². The van der Waals surface area contributed by atoms with Crippen molar-refractivity contribution in [2.75, 3.05) is 0 Å². The van der Waals surface area contributed by atoms with Crippen molar-refractivity contribution in [2.45, 2.75) is 19.8 Å². The maximum absolute atomic E-state index is 2.23. The number of hydrogen-bond acceptors (Lipinski definition) is 1. The average Bonchev–Trinajstić information content (AvgIpc) is 2.57. The summed E-state index contributed by atoms with van der Waals surface area (Å²) in [6.07, 6.45) is 11.0. The summed E-state index contributed by atoms with van der Waals surface area (Å²) in [7, 11) is 0. The van der Waals surface area contributed by atoms with Crippen molar-refractivity contribution in [3.63, 3.8) is 0 Å². The largest absolute Gasteiger partial charge is 0.144 e. The third-order valence-electron chi connectivity index (χ3n) is 1.56. The van der Waals surface area contributed by atoms with Crippen molar-refractivity contribution < 1.29 is 0 Å². The Morgan fingerprint density at radius 3 is 2.83 bits per heavy atom. The summed E-state index contributed by atoms with van der Waals surface area (Å²) in [5.41, 5.74) is 0. The van der Waals surface area contributed by atoms with E-state index < -0.39 is 0 Å². The van der Waals surface area contributed by atoms with Crippen LogP contribution in [0, 0.1) is 0 Å². The summed E-state index contributed by atoms with van der Waals surface area (Å²) >= 11 is 1.78. The van der Waals surface area contributed by atoms with Gasteiger partial charge in [0.25, 0.3) is 0 Å². The third-order valence-corrected chi connectivity index (χ3v) is 2.40. The second-order valence-electron chi connectivity index (χ2n) is 2.56. The van der Waals surface area contributed by atoms with E-state index in [4.69, 9.17) is 0 Å². The molecule has 1 rings (SSSR count). The predicted molar refractivity (Wildman–Crippen MR) is 57.4 cm³/mol. The molecule has 1 aromatic rings. The summed E-state index contributed by atoms with van der Waals surface area (Å²) < 4.78 is 0. The van der Waals surface area contributed by atoms with Crippen molar-refractivity contribution >= 4 is 17.4 Å². The Morgan fingerprint density at radius 1 is 1.33 bits per heavy atom. The zero-order chi connectivity index (χ0) is 8.65. The lowest BCUT2D eigenvalue weighted by Gasteiger charge is -1.85. The van der Waals surface area contributed by atoms with Crippen molar-refractivity contribution in [2.24, 2.45) is 0 Å². The summed E-state index contributed by atoms with van der Waals surface area (Å²) in [5.74, 6) is 0. The van der Waals surface area contributed by atoms with E-state index in [-0.39, 0.29) is 0 Å². The molecule has 0 amide bonds. The van der Waals surface area contributed by atoms with E-state index in [1.165, 1.54) is 4.88 Å². The Hall–Kier alpha value is -0.820. The molecule has 1 aromatic heterocycles. The molecule has 1 heteroatoms. The van der Waals surface area contributed by atoms with Gasteiger partial charge in [-0.05, 0) is 37.3 Å². The van der Waals surface area contributed by atoms with E-state index >= 15 is 0 Å². The van der Waals surface area contributed by atoms with Gasteiger partial charge < -0.3 is 0 Å². The number of rotatable bonds is 4. The number of allylic oxidation sites excluding steroid dienone is 3. The van der Waals surface area contributed by atoms with Gasteiger partial charge in [0.05, 0.1) is 0 Å². The normalized spacial score (nSPS) is 11.8. The lowest BCUT2D eigenvalue weighted by molar-refractivity contribution is 1.05. The summed E-state index contributed by atoms with van der Waals surface area (Å²) in [4.78, 5) is 1.34. The van der Waals surface area contributed by atoms with Gasteiger partial charge in [-0.1, -0.05) is 24.3 Å². The van der Waals surface area contributed by atoms with Crippen LogP contribution in [0.4, 0.5) is 0 Å². The highest BCUT2D eigenvalue weighted by Gasteiger charge is 1.83. The van der Waals surface area contributed by atoms with Gasteiger partial charge in [0.15, 0.2) is 0 Å². The summed E-state index contributed by atoms with van der Waals surface area (Å²) in [5, 5.41) is 2.10. The van der Waals surface area contributed by atoms with Crippen molar-refractivity contribution in [1.82, 2.24) is 0 Å². The maximum Gasteiger partial charge on any atom is 0.0267 e. The molecule has 12 heavy (non-hydrogen) atoms. The average molecular weight is 178 g/mol. The molecule has 0 bridgehead atoms. The van der Waals surface area contributed by atoms with Gasteiger partial charge in [0.2, 0.25) is 0 Å². The number of thiophene rings is 1. The van der Waals surface area contributed by atoms with Gasteiger partial charge in [-0.25, -0.2) is 0 Å². The molecule has 0 aliphatic rings. The van der Waals surface area contributed by atoms with Crippen molar-refractivity contribution in [3.05, 3.63) is 40.6 Å². The van der Waals surface area contributed by atoms with Gasteiger partial charge in [0.1, 0.15) is 0 Å². The van der Waals surface area contributed by atoms with Crippen LogP contribution in [0.2, 0.25) is 0 Å². The lowest BCUT2D eigenvalue weighted by Crippen LogP contribution is -1.63. The topological polar surface area (TPSA) is 0 Å². The van der Waals surface area contributed by atoms with Gasteiger partial charge in [-0.2, -0.15) is 0 Å². The Morgan fingerprint density at radius 2 is 2.17 bits per heavy atom. The van der Waals surface area contributed by atoms with Crippen molar-refractivity contribution in [1.29, 1.82) is 0 Å². The zero-order valence-corrected chi connectivity index (χ0v) is 8.18. The van der Waals surface area contributed by atoms with E-state index in [1.807, 2.05) is 0 Å². The molecule has 0 saturated heterocycles. The second kappa shape index (κ2) is 5.78. The van der Waals surface area contributed by atoms with Crippen LogP contribution in [0.5, 0.6) is 0 Å². The fraction of sp³-hybridized carbons (Fsp3) is 0.273. The van der Waals surface area contributed by atoms with E-state index in [9.17, 15) is 0 Å². The van der Waals surface area contributed by atoms with Crippen LogP contribution >= 0.6 is 11.3 Å². The van der Waals surface area contributed by atoms with Gasteiger partial charge in [-0.15, -0.1) is 11.3 Å². The second-order valence-corrected chi connectivity index (χ2v) is 3.54. The highest BCUT2D eigenvalue weighted by atomic mass is 32.1. The highest BCUT2D eigenvalue weighted by molar-refractivity contribution is 7.10. The van der Waals surface area contributed by atoms with Crippen LogP contribution in [0.15, 0.2) is 35.7 Å². The van der Waals surface area contributed by atoms with Gasteiger partial charge in [0, 0.05) is 4.88 Å². The van der Waals surface area contributed by atoms with Crippen LogP contribution in [0.25, 0.3) is 6.08 Å². The molecule has 0 nitrogen and oxygen atoms in total. The molecule has 1 heterocycles. The molecule has 0 radical (unpaired) electrons. The minimum Gasteiger partial charge on any atom is -0.144 e. The summed E-state index contributed by atoms with van der Waals surface area (Å²) in [6, 6.07) is 4.22. The molecule has 0 aliphatic heterocycles. The third kappa shape index (κ3) is 3.54. The molecule has 64 valence electrons. The summed E-state index contributed by atoms with van der Waals surface area (Å²) in [6.45, 7) is 2.06. The maximum atomic E-state index is 2.23. The number of hydrogen-bond donors (Lipinski definition) is 0. The molecule has 0 fully saturated rings. The fourth-order valence-electron chi connectivity index (χ4n) is 0.945. The quantitative estimate of drug-likeness (QED) is 0.480. The minimum atomic E-state index is 1.14. The predicted octanol–water partition coefficient (Wildman–Crippen LogP) is 4.12.